The molecule has 0 saturated heterocycles. The van der Waals surface area contributed by atoms with Crippen molar-refractivity contribution in [1.29, 1.82) is 5.26 Å². The first kappa shape index (κ1) is 10.9. The summed E-state index contributed by atoms with van der Waals surface area (Å²) in [7, 11) is 0. The van der Waals surface area contributed by atoms with Crippen molar-refractivity contribution >= 4 is 5.69 Å². The predicted octanol–water partition coefficient (Wildman–Crippen LogP) is 1.94. The summed E-state index contributed by atoms with van der Waals surface area (Å²) in [6.07, 6.45) is -3.26. The Morgan fingerprint density at radius 2 is 2.20 bits per heavy atom. The highest BCUT2D eigenvalue weighted by molar-refractivity contribution is 5.47. The Labute approximate surface area is 80.9 Å². The van der Waals surface area contributed by atoms with Crippen LogP contribution in [0.2, 0.25) is 0 Å². The summed E-state index contributed by atoms with van der Waals surface area (Å²) in [5.74, 6) is -1.34. The van der Waals surface area contributed by atoms with E-state index in [0.29, 0.717) is 0 Å². The average molecular weight is 217 g/mol. The highest BCUT2D eigenvalue weighted by atomic mass is 19.3. The first-order valence-electron chi connectivity index (χ1n) is 3.50. The van der Waals surface area contributed by atoms with Gasteiger partial charge in [-0.25, -0.2) is 13.8 Å². The Balaban J connectivity index is 3.56. The van der Waals surface area contributed by atoms with Gasteiger partial charge in [-0.2, -0.15) is 9.65 Å². The lowest BCUT2D eigenvalue weighted by Crippen LogP contribution is -2.03. The van der Waals surface area contributed by atoms with Gasteiger partial charge in [0.15, 0.2) is 5.69 Å². The van der Waals surface area contributed by atoms with Crippen molar-refractivity contribution in [2.24, 2.45) is 0 Å². The smallest absolute Gasteiger partial charge is 0.258 e. The monoisotopic (exact) mass is 217 g/mol. The van der Waals surface area contributed by atoms with Crippen LogP contribution in [0, 0.1) is 27.4 Å². The summed E-state index contributed by atoms with van der Waals surface area (Å²) < 4.78 is 37.3. The van der Waals surface area contributed by atoms with E-state index in [1.165, 1.54) is 6.07 Å². The summed E-state index contributed by atoms with van der Waals surface area (Å²) in [5.41, 5.74) is -3.28. The van der Waals surface area contributed by atoms with Gasteiger partial charge in [-0.05, 0) is 0 Å². The first-order valence-corrected chi connectivity index (χ1v) is 3.50. The number of hydrogen-bond donors (Lipinski definition) is 0. The summed E-state index contributed by atoms with van der Waals surface area (Å²) >= 11 is 0. The normalized spacial score (nSPS) is 10.1. The number of pyridine rings is 1. The molecule has 0 N–H and O–H groups in total. The fraction of sp³-hybridized carbons (Fsp3) is 0.143. The molecule has 0 aliphatic rings. The molecule has 1 aromatic heterocycles. The van der Waals surface area contributed by atoms with Gasteiger partial charge in [0.2, 0.25) is 5.95 Å². The summed E-state index contributed by atoms with van der Waals surface area (Å²) in [6, 6.07) is 1.43. The maximum absolute atomic E-state index is 12.6. The van der Waals surface area contributed by atoms with Crippen molar-refractivity contribution in [3.63, 3.8) is 0 Å². The molecule has 5 nitrogen and oxygen atoms in total. The minimum atomic E-state index is -3.26. The number of halogens is 3. The van der Waals surface area contributed by atoms with Gasteiger partial charge in [-0.15, -0.1) is 0 Å². The molecule has 0 amide bonds. The molecule has 0 saturated carbocycles. The molecule has 0 aliphatic carbocycles. The van der Waals surface area contributed by atoms with Gasteiger partial charge in [0.25, 0.3) is 12.1 Å². The van der Waals surface area contributed by atoms with Gasteiger partial charge in [0.05, 0.1) is 11.0 Å². The third-order valence-corrected chi connectivity index (χ3v) is 1.53. The van der Waals surface area contributed by atoms with Crippen LogP contribution in [0.4, 0.5) is 18.9 Å². The maximum atomic E-state index is 12.6. The highest BCUT2D eigenvalue weighted by Gasteiger charge is 2.28. The third kappa shape index (κ3) is 2.01. The largest absolute Gasteiger partial charge is 0.285 e. The zero-order valence-corrected chi connectivity index (χ0v) is 6.95. The van der Waals surface area contributed by atoms with Crippen molar-refractivity contribution in [2.75, 3.05) is 0 Å². The molecule has 1 heterocycles. The Kier molecular flexibility index (Phi) is 2.85. The van der Waals surface area contributed by atoms with Crippen molar-refractivity contribution in [3.8, 4) is 6.07 Å². The number of nitrogens with zero attached hydrogens (tertiary/aromatic N) is 3. The molecule has 8 heteroatoms. The maximum Gasteiger partial charge on any atom is 0.285 e. The zero-order chi connectivity index (χ0) is 11.6. The first-order chi connectivity index (χ1) is 6.97. The van der Waals surface area contributed by atoms with Gasteiger partial charge in [-0.1, -0.05) is 0 Å². The minimum absolute atomic E-state index is 0.252. The second-order valence-corrected chi connectivity index (χ2v) is 2.40. The lowest BCUT2D eigenvalue weighted by Gasteiger charge is -2.02. The number of rotatable bonds is 2. The van der Waals surface area contributed by atoms with Gasteiger partial charge in [-0.3, -0.25) is 10.1 Å². The van der Waals surface area contributed by atoms with Crippen LogP contribution in [0.1, 0.15) is 17.7 Å². The molecule has 0 atom stereocenters. The number of nitro groups is 1. The van der Waals surface area contributed by atoms with Gasteiger partial charge < -0.3 is 0 Å². The fourth-order valence-corrected chi connectivity index (χ4v) is 0.963. The van der Waals surface area contributed by atoms with E-state index in [0.717, 1.165) is 0 Å². The minimum Gasteiger partial charge on any atom is -0.258 e. The van der Waals surface area contributed by atoms with Gasteiger partial charge in [0.1, 0.15) is 11.6 Å². The van der Waals surface area contributed by atoms with Gasteiger partial charge in [0, 0.05) is 0 Å². The van der Waals surface area contributed by atoms with Crippen LogP contribution in [-0.2, 0) is 0 Å². The SMILES string of the molecule is N#Cc1nc(F)cc([N+](=O)[O-])c1C(F)F. The Morgan fingerprint density at radius 1 is 1.60 bits per heavy atom. The van der Waals surface area contributed by atoms with Crippen molar-refractivity contribution in [3.05, 3.63) is 33.4 Å². The van der Waals surface area contributed by atoms with Crippen LogP contribution in [0.25, 0.3) is 0 Å². The molecular weight excluding hydrogens is 215 g/mol. The topological polar surface area (TPSA) is 79.8 Å². The van der Waals surface area contributed by atoms with Crippen LogP contribution in [0.3, 0.4) is 0 Å². The second-order valence-electron chi connectivity index (χ2n) is 2.40. The second kappa shape index (κ2) is 3.91. The van der Waals surface area contributed by atoms with Gasteiger partial charge >= 0.3 is 0 Å². The number of aromatic nitrogens is 1. The molecule has 0 aliphatic heterocycles. The molecule has 0 radical (unpaired) electrons. The van der Waals surface area contributed by atoms with Crippen molar-refractivity contribution < 1.29 is 18.1 Å². The van der Waals surface area contributed by atoms with E-state index in [9.17, 15) is 23.3 Å². The van der Waals surface area contributed by atoms with Crippen LogP contribution >= 0.6 is 0 Å². The molecule has 0 fully saturated rings. The van der Waals surface area contributed by atoms with E-state index in [2.05, 4.69) is 4.98 Å². The highest BCUT2D eigenvalue weighted by Crippen LogP contribution is 2.31. The summed E-state index contributed by atoms with van der Waals surface area (Å²) in [6.45, 7) is 0. The fourth-order valence-electron chi connectivity index (χ4n) is 0.963. The molecule has 0 unspecified atom stereocenters. The molecule has 1 aromatic rings. The zero-order valence-electron chi connectivity index (χ0n) is 6.95. The van der Waals surface area contributed by atoms with E-state index in [-0.39, 0.29) is 6.07 Å². The molecule has 1 rings (SSSR count). The number of alkyl halides is 2. The van der Waals surface area contributed by atoms with Crippen LogP contribution in [0.5, 0.6) is 0 Å². The third-order valence-electron chi connectivity index (χ3n) is 1.53. The lowest BCUT2D eigenvalue weighted by molar-refractivity contribution is -0.386. The molecule has 0 bridgehead atoms. The summed E-state index contributed by atoms with van der Waals surface area (Å²) in [4.78, 5) is 12.0. The molecule has 15 heavy (non-hydrogen) atoms. The summed E-state index contributed by atoms with van der Waals surface area (Å²) in [5, 5.41) is 18.7. The standard InChI is InChI=1S/C7H2F3N3O2/c8-5-1-4(13(14)15)6(7(9)10)3(2-11)12-5/h1,7H. The van der Waals surface area contributed by atoms with E-state index in [4.69, 9.17) is 5.26 Å². The Hall–Kier alpha value is -2.17. The molecule has 0 aromatic carbocycles. The van der Waals surface area contributed by atoms with E-state index in [1.807, 2.05) is 0 Å². The van der Waals surface area contributed by atoms with Crippen molar-refractivity contribution in [2.45, 2.75) is 6.43 Å². The predicted molar refractivity (Wildman–Crippen MR) is 40.5 cm³/mol. The molecular formula is C7H2F3N3O2. The van der Waals surface area contributed by atoms with Crippen LogP contribution in [-0.4, -0.2) is 9.91 Å². The Morgan fingerprint density at radius 3 is 2.60 bits per heavy atom. The van der Waals surface area contributed by atoms with Crippen LogP contribution in [0.15, 0.2) is 6.07 Å². The Bertz CT molecular complexity index is 456. The number of hydrogen-bond acceptors (Lipinski definition) is 4. The number of nitriles is 1. The average Bonchev–Trinajstić information content (AvgIpc) is 2.15. The van der Waals surface area contributed by atoms with Crippen LogP contribution < -0.4 is 0 Å². The van der Waals surface area contributed by atoms with Crippen molar-refractivity contribution in [1.82, 2.24) is 4.98 Å². The lowest BCUT2D eigenvalue weighted by atomic mass is 10.1. The van der Waals surface area contributed by atoms with E-state index < -0.39 is 34.2 Å². The quantitative estimate of drug-likeness (QED) is 0.430. The molecule has 78 valence electrons. The van der Waals surface area contributed by atoms with E-state index >= 15 is 0 Å². The molecule has 0 spiro atoms. The van der Waals surface area contributed by atoms with E-state index in [1.54, 1.807) is 0 Å².